The Morgan fingerprint density at radius 2 is 1.74 bits per heavy atom. The van der Waals surface area contributed by atoms with Crippen LogP contribution in [0.4, 0.5) is 11.4 Å². The lowest BCUT2D eigenvalue weighted by Crippen LogP contribution is -2.49. The molecule has 1 aliphatic heterocycles. The first-order chi connectivity index (χ1) is 16.3. The Hall–Kier alpha value is -2.50. The average molecular weight is 535 g/mol. The Morgan fingerprint density at radius 1 is 1.03 bits per heavy atom. The van der Waals surface area contributed by atoms with Crippen molar-refractivity contribution in [2.75, 3.05) is 36.4 Å². The number of amides is 1. The van der Waals surface area contributed by atoms with Crippen molar-refractivity contribution in [3.63, 3.8) is 0 Å². The minimum absolute atomic E-state index is 0.155. The second-order valence-electron chi connectivity index (χ2n) is 7.73. The molecule has 1 aromatic heterocycles. The molecule has 11 heteroatoms. The predicted molar refractivity (Wildman–Crippen MR) is 142 cm³/mol. The number of carbonyl (C=O) groups is 1. The van der Waals surface area contributed by atoms with Gasteiger partial charge in [0, 0.05) is 26.2 Å². The van der Waals surface area contributed by atoms with Crippen molar-refractivity contribution >= 4 is 67.6 Å². The Labute approximate surface area is 213 Å². The average Bonchev–Trinajstić information content (AvgIpc) is 3.35. The molecule has 1 saturated heterocycles. The lowest BCUT2D eigenvalue weighted by molar-refractivity contribution is 0.0981. The Bertz CT molecular complexity index is 1290. The highest BCUT2D eigenvalue weighted by molar-refractivity contribution is 7.89. The van der Waals surface area contributed by atoms with Gasteiger partial charge < -0.3 is 10.2 Å². The van der Waals surface area contributed by atoms with Gasteiger partial charge in [-0.15, -0.1) is 11.3 Å². The van der Waals surface area contributed by atoms with Crippen molar-refractivity contribution in [3.8, 4) is 0 Å². The number of sulfonamides is 1. The molecule has 0 bridgehead atoms. The Kier molecular flexibility index (Phi) is 7.54. The summed E-state index contributed by atoms with van der Waals surface area (Å²) < 4.78 is 27.6. The molecule has 1 fully saturated rings. The van der Waals surface area contributed by atoms with Crippen LogP contribution in [0.25, 0.3) is 0 Å². The number of benzene rings is 2. The van der Waals surface area contributed by atoms with Crippen LogP contribution in [0.15, 0.2) is 64.9 Å². The number of piperazine rings is 1. The smallest absolute Gasteiger partial charge is 0.267 e. The van der Waals surface area contributed by atoms with Crippen LogP contribution in [0.3, 0.4) is 0 Å². The van der Waals surface area contributed by atoms with Gasteiger partial charge in [0.05, 0.1) is 26.2 Å². The number of nitrogens with zero attached hydrogens (tertiary/aromatic N) is 2. The maximum atomic E-state index is 13.0. The summed E-state index contributed by atoms with van der Waals surface area (Å²) in [5.74, 6) is -0.286. The first-order valence-corrected chi connectivity index (χ1v) is 13.6. The van der Waals surface area contributed by atoms with Crippen LogP contribution in [0.5, 0.6) is 0 Å². The van der Waals surface area contributed by atoms with Gasteiger partial charge >= 0.3 is 0 Å². The van der Waals surface area contributed by atoms with Gasteiger partial charge in [-0.25, -0.2) is 8.42 Å². The van der Waals surface area contributed by atoms with Crippen LogP contribution in [-0.2, 0) is 10.0 Å². The number of halogens is 1. The first kappa shape index (κ1) is 24.6. The van der Waals surface area contributed by atoms with E-state index in [2.05, 4.69) is 10.6 Å². The number of carbonyl (C=O) groups excluding carboxylic acids is 1. The van der Waals surface area contributed by atoms with Gasteiger partial charge in [0.1, 0.15) is 0 Å². The molecule has 1 aliphatic rings. The number of rotatable bonds is 5. The molecule has 0 spiro atoms. The molecule has 3 aromatic rings. The highest BCUT2D eigenvalue weighted by Gasteiger charge is 2.30. The van der Waals surface area contributed by atoms with E-state index >= 15 is 0 Å². The van der Waals surface area contributed by atoms with Gasteiger partial charge in [0.15, 0.2) is 5.11 Å². The summed E-state index contributed by atoms with van der Waals surface area (Å²) in [6, 6.07) is 15.8. The van der Waals surface area contributed by atoms with Crippen LogP contribution in [0, 0.1) is 6.92 Å². The Balaban J connectivity index is 1.45. The number of anilines is 2. The van der Waals surface area contributed by atoms with Gasteiger partial charge in [-0.3, -0.25) is 10.1 Å². The number of thiophene rings is 1. The van der Waals surface area contributed by atoms with Crippen LogP contribution < -0.4 is 15.5 Å². The molecule has 4 rings (SSSR count). The van der Waals surface area contributed by atoms with E-state index < -0.39 is 10.0 Å². The zero-order valence-electron chi connectivity index (χ0n) is 18.3. The molecule has 178 valence electrons. The van der Waals surface area contributed by atoms with E-state index in [0.717, 1.165) is 5.56 Å². The van der Waals surface area contributed by atoms with Crippen molar-refractivity contribution in [1.29, 1.82) is 0 Å². The molecule has 0 saturated carbocycles. The largest absolute Gasteiger partial charge is 0.366 e. The molecular formula is C23H23ClN4O3S3. The molecule has 2 N–H and O–H groups in total. The number of para-hydroxylation sites is 1. The number of aryl methyl sites for hydroxylation is 1. The fourth-order valence-electron chi connectivity index (χ4n) is 3.68. The van der Waals surface area contributed by atoms with Gasteiger partial charge in [-0.05, 0) is 54.9 Å². The topological polar surface area (TPSA) is 81.8 Å². The lowest BCUT2D eigenvalue weighted by Gasteiger charge is -2.36. The summed E-state index contributed by atoms with van der Waals surface area (Å²) in [7, 11) is -3.57. The van der Waals surface area contributed by atoms with Crippen LogP contribution in [-0.4, -0.2) is 49.9 Å². The molecule has 0 aliphatic carbocycles. The summed E-state index contributed by atoms with van der Waals surface area (Å²) >= 11 is 13.2. The van der Waals surface area contributed by atoms with E-state index in [9.17, 15) is 13.2 Å². The number of thiocarbonyl (C=S) groups is 1. The van der Waals surface area contributed by atoms with Crippen molar-refractivity contribution < 1.29 is 13.2 Å². The van der Waals surface area contributed by atoms with E-state index in [1.54, 1.807) is 48.5 Å². The molecule has 2 heterocycles. The summed E-state index contributed by atoms with van der Waals surface area (Å²) in [5.41, 5.74) is 2.36. The lowest BCUT2D eigenvalue weighted by atomic mass is 10.2. The number of nitrogens with one attached hydrogen (secondary N) is 2. The van der Waals surface area contributed by atoms with Crippen molar-refractivity contribution in [3.05, 3.63) is 75.4 Å². The molecule has 1 amide bonds. The molecule has 7 nitrogen and oxygen atoms in total. The van der Waals surface area contributed by atoms with Crippen LogP contribution >= 0.6 is 35.2 Å². The monoisotopic (exact) mass is 534 g/mol. The predicted octanol–water partition coefficient (Wildman–Crippen LogP) is 4.35. The number of hydrogen-bond donors (Lipinski definition) is 2. The zero-order valence-corrected chi connectivity index (χ0v) is 21.5. The van der Waals surface area contributed by atoms with E-state index in [1.807, 2.05) is 23.3 Å². The summed E-state index contributed by atoms with van der Waals surface area (Å²) in [6.45, 7) is 3.47. The molecular weight excluding hydrogens is 512 g/mol. The van der Waals surface area contributed by atoms with Crippen molar-refractivity contribution in [1.82, 2.24) is 9.62 Å². The van der Waals surface area contributed by atoms with Gasteiger partial charge in [0.25, 0.3) is 5.91 Å². The van der Waals surface area contributed by atoms with Gasteiger partial charge in [0.2, 0.25) is 10.0 Å². The van der Waals surface area contributed by atoms with Gasteiger partial charge in [-0.2, -0.15) is 4.31 Å². The third-order valence-corrected chi connectivity index (χ3v) is 8.71. The van der Waals surface area contributed by atoms with Crippen molar-refractivity contribution in [2.24, 2.45) is 0 Å². The second-order valence-corrected chi connectivity index (χ2v) is 11.4. The molecule has 2 aromatic carbocycles. The highest BCUT2D eigenvalue weighted by atomic mass is 35.5. The molecule has 0 radical (unpaired) electrons. The van der Waals surface area contributed by atoms with Crippen molar-refractivity contribution in [2.45, 2.75) is 11.8 Å². The zero-order chi connectivity index (χ0) is 24.3. The fraction of sp³-hybridized carbons (Fsp3) is 0.217. The maximum Gasteiger partial charge on any atom is 0.267 e. The fourth-order valence-corrected chi connectivity index (χ4v) is 6.21. The normalized spacial score (nSPS) is 14.6. The molecule has 0 atom stereocenters. The van der Waals surface area contributed by atoms with Crippen LogP contribution in [0.1, 0.15) is 15.2 Å². The first-order valence-electron chi connectivity index (χ1n) is 10.5. The second kappa shape index (κ2) is 10.4. The maximum absolute atomic E-state index is 13.0. The highest BCUT2D eigenvalue weighted by Crippen LogP contribution is 2.35. The third-order valence-electron chi connectivity index (χ3n) is 5.42. The summed E-state index contributed by atoms with van der Waals surface area (Å²) in [6.07, 6.45) is 0. The summed E-state index contributed by atoms with van der Waals surface area (Å²) in [5, 5.41) is 8.21. The third kappa shape index (κ3) is 5.42. The number of hydrogen-bond acceptors (Lipinski definition) is 6. The van der Waals surface area contributed by atoms with E-state index in [1.165, 1.54) is 15.6 Å². The van der Waals surface area contributed by atoms with E-state index in [-0.39, 0.29) is 11.0 Å². The summed E-state index contributed by atoms with van der Waals surface area (Å²) in [4.78, 5) is 15.2. The molecule has 34 heavy (non-hydrogen) atoms. The van der Waals surface area contributed by atoms with E-state index in [0.29, 0.717) is 52.3 Å². The quantitative estimate of drug-likeness (QED) is 0.474. The molecule has 0 unspecified atom stereocenters. The minimum Gasteiger partial charge on any atom is -0.366 e. The van der Waals surface area contributed by atoms with E-state index in [4.69, 9.17) is 23.8 Å². The van der Waals surface area contributed by atoms with Gasteiger partial charge in [-0.1, -0.05) is 41.4 Å². The Morgan fingerprint density at radius 3 is 2.38 bits per heavy atom. The SMILES string of the molecule is Cc1ccc(S(=O)(=O)N2CCN(c3c(Cl)cccc3NC(=S)NC(=O)c3cccs3)CC2)cc1. The van der Waals surface area contributed by atoms with Crippen LogP contribution in [0.2, 0.25) is 5.02 Å². The standard InChI is InChI=1S/C23H23ClN4O3S3/c1-16-7-9-17(10-8-16)34(30,31)28-13-11-27(12-14-28)21-18(24)4-2-5-19(21)25-23(32)26-22(29)20-6-3-15-33-20/h2-10,15H,11-14H2,1H3,(H2,25,26,29,32). The minimum atomic E-state index is -3.57.